The minimum atomic E-state index is -2.65. The molecule has 2 rings (SSSR count). The van der Waals surface area contributed by atoms with Crippen LogP contribution in [0.3, 0.4) is 0 Å². The summed E-state index contributed by atoms with van der Waals surface area (Å²) in [7, 11) is 0. The molecule has 0 radical (unpaired) electrons. The Hall–Kier alpha value is -1.27. The van der Waals surface area contributed by atoms with Crippen molar-refractivity contribution in [3.8, 4) is 0 Å². The van der Waals surface area contributed by atoms with E-state index in [1.54, 1.807) is 0 Å². The third-order valence-electron chi connectivity index (χ3n) is 2.08. The van der Waals surface area contributed by atoms with Gasteiger partial charge in [0.25, 0.3) is 6.43 Å². The molecule has 4 nitrogen and oxygen atoms in total. The minimum absolute atomic E-state index is 0.118. The van der Waals surface area contributed by atoms with E-state index in [0.717, 1.165) is 0 Å². The van der Waals surface area contributed by atoms with Crippen LogP contribution in [-0.4, -0.2) is 21.4 Å². The largest absolute Gasteiger partial charge is 0.346 e. The number of nitrogens with zero attached hydrogens (tertiary/aromatic N) is 2. The molecule has 2 aromatic heterocycles. The van der Waals surface area contributed by atoms with Crippen molar-refractivity contribution >= 4 is 22.6 Å². The molecule has 0 aliphatic carbocycles. The zero-order valence-electron chi connectivity index (χ0n) is 7.42. The van der Waals surface area contributed by atoms with Gasteiger partial charge in [0.1, 0.15) is 17.1 Å². The van der Waals surface area contributed by atoms with Gasteiger partial charge in [-0.05, 0) is 0 Å². The molecular weight excluding hydrogens is 226 g/mol. The number of hydrogen-bond acceptors (Lipinski definition) is 3. The Labute approximate surface area is 88.5 Å². The number of aromatic nitrogens is 3. The van der Waals surface area contributed by atoms with Crippen molar-refractivity contribution < 1.29 is 8.78 Å². The fraction of sp³-hybridized carbons (Fsp3) is 0.250. The fourth-order valence-corrected chi connectivity index (χ4v) is 1.59. The number of nitrogens with two attached hydrogens (primary N) is 1. The number of hydrogen-bond donors (Lipinski definition) is 2. The maximum atomic E-state index is 12.4. The van der Waals surface area contributed by atoms with Gasteiger partial charge in [-0.1, -0.05) is 11.6 Å². The van der Waals surface area contributed by atoms with Gasteiger partial charge < -0.3 is 10.7 Å². The van der Waals surface area contributed by atoms with Crippen molar-refractivity contribution in [1.82, 2.24) is 15.0 Å². The van der Waals surface area contributed by atoms with Gasteiger partial charge in [-0.15, -0.1) is 0 Å². The molecule has 2 heterocycles. The summed E-state index contributed by atoms with van der Waals surface area (Å²) in [4.78, 5) is 10.3. The highest BCUT2D eigenvalue weighted by Gasteiger charge is 2.22. The van der Waals surface area contributed by atoms with Gasteiger partial charge in [-0.3, -0.25) is 0 Å². The summed E-state index contributed by atoms with van der Waals surface area (Å²) in [5.74, 6) is 0. The average molecular weight is 233 g/mol. The molecule has 0 saturated heterocycles. The Kier molecular flexibility index (Phi) is 2.54. The van der Waals surface area contributed by atoms with Crippen molar-refractivity contribution in [3.63, 3.8) is 0 Å². The number of fused-ring (bicyclic) bond motifs is 1. The fourth-order valence-electron chi connectivity index (χ4n) is 1.35. The lowest BCUT2D eigenvalue weighted by Crippen LogP contribution is -2.18. The van der Waals surface area contributed by atoms with Gasteiger partial charge in [0.2, 0.25) is 0 Å². The van der Waals surface area contributed by atoms with Crippen LogP contribution >= 0.6 is 11.6 Å². The lowest BCUT2D eigenvalue weighted by molar-refractivity contribution is 0.117. The SMILES string of the molecule is NC(c1c[nH]c2ncnc(Cl)c12)C(F)F. The van der Waals surface area contributed by atoms with E-state index in [1.165, 1.54) is 12.5 Å². The van der Waals surface area contributed by atoms with Crippen LogP contribution in [0.1, 0.15) is 11.6 Å². The van der Waals surface area contributed by atoms with Gasteiger partial charge in [0.15, 0.2) is 0 Å². The van der Waals surface area contributed by atoms with Crippen LogP contribution < -0.4 is 5.73 Å². The molecule has 0 fully saturated rings. The second-order valence-corrected chi connectivity index (χ2v) is 3.35. The summed E-state index contributed by atoms with van der Waals surface area (Å²) < 4.78 is 24.9. The van der Waals surface area contributed by atoms with Crippen LogP contribution in [0.25, 0.3) is 11.0 Å². The quantitative estimate of drug-likeness (QED) is 0.777. The first-order valence-corrected chi connectivity index (χ1v) is 4.50. The molecule has 7 heteroatoms. The van der Waals surface area contributed by atoms with Crippen LogP contribution in [-0.2, 0) is 0 Å². The van der Waals surface area contributed by atoms with Crippen LogP contribution in [0, 0.1) is 0 Å². The van der Waals surface area contributed by atoms with Gasteiger partial charge in [0.05, 0.1) is 11.4 Å². The van der Waals surface area contributed by atoms with E-state index in [1.807, 2.05) is 0 Å². The zero-order chi connectivity index (χ0) is 11.0. The first-order valence-electron chi connectivity index (χ1n) is 4.12. The number of H-pyrrole nitrogens is 1. The lowest BCUT2D eigenvalue weighted by Gasteiger charge is -2.08. The Morgan fingerprint density at radius 1 is 1.40 bits per heavy atom. The van der Waals surface area contributed by atoms with E-state index >= 15 is 0 Å². The van der Waals surface area contributed by atoms with E-state index in [0.29, 0.717) is 11.0 Å². The summed E-state index contributed by atoms with van der Waals surface area (Å²) >= 11 is 5.78. The number of halogens is 3. The topological polar surface area (TPSA) is 67.6 Å². The Balaban J connectivity index is 2.62. The predicted molar refractivity (Wildman–Crippen MR) is 51.8 cm³/mol. The number of nitrogens with one attached hydrogen (secondary N) is 1. The van der Waals surface area contributed by atoms with Gasteiger partial charge in [-0.2, -0.15) is 0 Å². The van der Waals surface area contributed by atoms with Crippen LogP contribution in [0.2, 0.25) is 5.15 Å². The molecule has 0 aliphatic heterocycles. The minimum Gasteiger partial charge on any atom is -0.346 e. The molecule has 2 aromatic rings. The molecule has 0 bridgehead atoms. The molecule has 3 N–H and O–H groups in total. The molecule has 0 aromatic carbocycles. The summed E-state index contributed by atoms with van der Waals surface area (Å²) in [5, 5.41) is 0.472. The summed E-state index contributed by atoms with van der Waals surface area (Å²) in [5.41, 5.74) is 5.96. The van der Waals surface area contributed by atoms with E-state index in [4.69, 9.17) is 17.3 Å². The standard InChI is InChI=1S/C8H7ClF2N4/c9-6-4-3(5(12)7(10)11)1-13-8(4)15-2-14-6/h1-2,5,7H,12H2,(H,13,14,15). The van der Waals surface area contributed by atoms with Crippen molar-refractivity contribution in [1.29, 1.82) is 0 Å². The Morgan fingerprint density at radius 2 is 2.13 bits per heavy atom. The molecule has 1 unspecified atom stereocenters. The summed E-state index contributed by atoms with van der Waals surface area (Å²) in [6.07, 6.45) is -0.0266. The first-order chi connectivity index (χ1) is 7.11. The second-order valence-electron chi connectivity index (χ2n) is 2.99. The van der Waals surface area contributed by atoms with E-state index in [2.05, 4.69) is 15.0 Å². The predicted octanol–water partition coefficient (Wildman–Crippen LogP) is 1.88. The molecule has 0 amide bonds. The molecule has 15 heavy (non-hydrogen) atoms. The molecule has 0 spiro atoms. The molecule has 80 valence electrons. The van der Waals surface area contributed by atoms with Crippen LogP contribution in [0.15, 0.2) is 12.5 Å². The van der Waals surface area contributed by atoms with Crippen LogP contribution in [0.5, 0.6) is 0 Å². The molecule has 0 saturated carbocycles. The highest BCUT2D eigenvalue weighted by molar-refractivity contribution is 6.34. The maximum Gasteiger partial charge on any atom is 0.257 e. The highest BCUT2D eigenvalue weighted by Crippen LogP contribution is 2.29. The monoisotopic (exact) mass is 232 g/mol. The van der Waals surface area contributed by atoms with Crippen molar-refractivity contribution in [2.24, 2.45) is 5.73 Å². The zero-order valence-corrected chi connectivity index (χ0v) is 8.17. The van der Waals surface area contributed by atoms with Crippen molar-refractivity contribution in [2.75, 3.05) is 0 Å². The number of rotatable bonds is 2. The van der Waals surface area contributed by atoms with Gasteiger partial charge >= 0.3 is 0 Å². The lowest BCUT2D eigenvalue weighted by atomic mass is 10.1. The third kappa shape index (κ3) is 1.66. The van der Waals surface area contributed by atoms with Gasteiger partial charge in [-0.25, -0.2) is 18.7 Å². The molecule has 0 aliphatic rings. The van der Waals surface area contributed by atoms with Crippen LogP contribution in [0.4, 0.5) is 8.78 Å². The molecular formula is C8H7ClF2N4. The summed E-state index contributed by atoms with van der Waals surface area (Å²) in [6.45, 7) is 0. The number of alkyl halides is 2. The summed E-state index contributed by atoms with van der Waals surface area (Å²) in [6, 6.07) is -1.39. The number of aromatic amines is 1. The van der Waals surface area contributed by atoms with E-state index < -0.39 is 12.5 Å². The smallest absolute Gasteiger partial charge is 0.257 e. The van der Waals surface area contributed by atoms with E-state index in [9.17, 15) is 8.78 Å². The van der Waals surface area contributed by atoms with E-state index in [-0.39, 0.29) is 10.7 Å². The van der Waals surface area contributed by atoms with Crippen molar-refractivity contribution in [3.05, 3.63) is 23.2 Å². The highest BCUT2D eigenvalue weighted by atomic mass is 35.5. The van der Waals surface area contributed by atoms with Gasteiger partial charge in [0, 0.05) is 11.8 Å². The molecule has 1 atom stereocenters. The third-order valence-corrected chi connectivity index (χ3v) is 2.37. The second kappa shape index (κ2) is 3.71. The Bertz CT molecular complexity index is 484. The first kappa shape index (κ1) is 10.3. The average Bonchev–Trinajstić information content (AvgIpc) is 2.61. The maximum absolute atomic E-state index is 12.4. The normalized spacial score (nSPS) is 13.7. The Morgan fingerprint density at radius 3 is 2.80 bits per heavy atom. The van der Waals surface area contributed by atoms with Crippen molar-refractivity contribution in [2.45, 2.75) is 12.5 Å².